The third kappa shape index (κ3) is 3.04. The minimum atomic E-state index is -0.323. The zero-order chi connectivity index (χ0) is 15.5. The van der Waals surface area contributed by atoms with Gasteiger partial charge < -0.3 is 14.4 Å². The average Bonchev–Trinajstić information content (AvgIpc) is 2.92. The molecule has 5 heteroatoms. The van der Waals surface area contributed by atoms with Gasteiger partial charge in [0.1, 0.15) is 12.2 Å². The predicted octanol–water partition coefficient (Wildman–Crippen LogP) is 1.67. The van der Waals surface area contributed by atoms with Gasteiger partial charge >= 0.3 is 5.97 Å². The van der Waals surface area contributed by atoms with Gasteiger partial charge in [-0.25, -0.2) is 0 Å². The summed E-state index contributed by atoms with van der Waals surface area (Å²) < 4.78 is 11.3. The van der Waals surface area contributed by atoms with Crippen molar-refractivity contribution in [2.45, 2.75) is 38.2 Å². The summed E-state index contributed by atoms with van der Waals surface area (Å²) in [6.45, 7) is 2.45. The smallest absolute Gasteiger partial charge is 0.302 e. The van der Waals surface area contributed by atoms with Crippen LogP contribution in [-0.4, -0.2) is 41.6 Å². The Labute approximate surface area is 129 Å². The summed E-state index contributed by atoms with van der Waals surface area (Å²) in [4.78, 5) is 25.0. The van der Waals surface area contributed by atoms with E-state index in [0.717, 1.165) is 5.56 Å². The Bertz CT molecular complexity index is 584. The van der Waals surface area contributed by atoms with Crippen LogP contribution in [0.1, 0.15) is 18.9 Å². The van der Waals surface area contributed by atoms with Crippen LogP contribution in [0.15, 0.2) is 42.5 Å². The van der Waals surface area contributed by atoms with Crippen molar-refractivity contribution in [2.24, 2.45) is 0 Å². The minimum Gasteiger partial charge on any atom is -0.460 e. The quantitative estimate of drug-likeness (QED) is 0.794. The lowest BCUT2D eigenvalue weighted by Gasteiger charge is -2.35. The molecule has 3 rings (SSSR count). The maximum Gasteiger partial charge on any atom is 0.302 e. The van der Waals surface area contributed by atoms with Gasteiger partial charge in [-0.1, -0.05) is 30.3 Å². The molecular weight excluding hydrogens is 282 g/mol. The molecule has 1 amide bonds. The lowest BCUT2D eigenvalue weighted by molar-refractivity contribution is -0.152. The van der Waals surface area contributed by atoms with Crippen molar-refractivity contribution < 1.29 is 19.1 Å². The number of nitrogens with zero attached hydrogens (tertiary/aromatic N) is 1. The first-order valence-corrected chi connectivity index (χ1v) is 7.46. The van der Waals surface area contributed by atoms with E-state index in [9.17, 15) is 9.59 Å². The molecule has 2 aliphatic rings. The van der Waals surface area contributed by atoms with Gasteiger partial charge in [0.15, 0.2) is 0 Å². The van der Waals surface area contributed by atoms with E-state index in [4.69, 9.17) is 9.47 Å². The third-order valence-electron chi connectivity index (χ3n) is 4.05. The number of hydrogen-bond acceptors (Lipinski definition) is 4. The molecule has 0 radical (unpaired) electrons. The molecule has 2 heterocycles. The van der Waals surface area contributed by atoms with Gasteiger partial charge in [-0.3, -0.25) is 9.59 Å². The van der Waals surface area contributed by atoms with Gasteiger partial charge in [-0.2, -0.15) is 0 Å². The van der Waals surface area contributed by atoms with Crippen LogP contribution in [-0.2, 0) is 25.7 Å². The summed E-state index contributed by atoms with van der Waals surface area (Å²) >= 11 is 0. The Balaban J connectivity index is 1.72. The van der Waals surface area contributed by atoms with Crippen LogP contribution < -0.4 is 0 Å². The number of rotatable bonds is 4. The number of carbonyl (C=O) groups excluding carboxylic acids is 2. The van der Waals surface area contributed by atoms with E-state index in [1.54, 1.807) is 17.1 Å². The van der Waals surface area contributed by atoms with Crippen LogP contribution in [0.5, 0.6) is 0 Å². The van der Waals surface area contributed by atoms with Crippen LogP contribution in [0, 0.1) is 0 Å². The first-order valence-electron chi connectivity index (χ1n) is 7.46. The fraction of sp³-hybridized carbons (Fsp3) is 0.412. The SMILES string of the molecule is CC(=O)O[C@H]1CCN2C(=O)C=C[C@@H](OCc3ccccc3)[C@@H]12. The highest BCUT2D eigenvalue weighted by Gasteiger charge is 2.45. The Kier molecular flexibility index (Phi) is 4.24. The van der Waals surface area contributed by atoms with Crippen molar-refractivity contribution in [3.05, 3.63) is 48.0 Å². The van der Waals surface area contributed by atoms with E-state index in [0.29, 0.717) is 19.6 Å². The Morgan fingerprint density at radius 1 is 1.32 bits per heavy atom. The van der Waals surface area contributed by atoms with Crippen LogP contribution in [0.3, 0.4) is 0 Å². The van der Waals surface area contributed by atoms with Gasteiger partial charge in [0.05, 0.1) is 12.6 Å². The Morgan fingerprint density at radius 2 is 2.09 bits per heavy atom. The summed E-state index contributed by atoms with van der Waals surface area (Å²) in [6.07, 6.45) is 3.41. The molecule has 116 valence electrons. The lowest BCUT2D eigenvalue weighted by atomic mass is 10.0. The number of ether oxygens (including phenoxy) is 2. The molecule has 0 bridgehead atoms. The number of benzene rings is 1. The summed E-state index contributed by atoms with van der Waals surface area (Å²) in [5.41, 5.74) is 1.07. The van der Waals surface area contributed by atoms with Crippen molar-refractivity contribution in [3.8, 4) is 0 Å². The summed E-state index contributed by atoms with van der Waals surface area (Å²) in [5.74, 6) is -0.366. The number of hydrogen-bond donors (Lipinski definition) is 0. The molecule has 5 nitrogen and oxygen atoms in total. The second kappa shape index (κ2) is 6.32. The van der Waals surface area contributed by atoms with Crippen molar-refractivity contribution in [1.82, 2.24) is 4.90 Å². The second-order valence-corrected chi connectivity index (χ2v) is 5.58. The molecule has 0 N–H and O–H groups in total. The number of amides is 1. The number of fused-ring (bicyclic) bond motifs is 1. The molecule has 0 unspecified atom stereocenters. The van der Waals surface area contributed by atoms with Gasteiger partial charge in [0, 0.05) is 26.0 Å². The largest absolute Gasteiger partial charge is 0.460 e. The lowest BCUT2D eigenvalue weighted by Crippen LogP contribution is -2.50. The minimum absolute atomic E-state index is 0.0424. The molecule has 3 atom stereocenters. The van der Waals surface area contributed by atoms with Crippen molar-refractivity contribution >= 4 is 11.9 Å². The van der Waals surface area contributed by atoms with Gasteiger partial charge in [-0.15, -0.1) is 0 Å². The van der Waals surface area contributed by atoms with Crippen molar-refractivity contribution in [1.29, 1.82) is 0 Å². The molecule has 1 fully saturated rings. The van der Waals surface area contributed by atoms with Gasteiger partial charge in [0.2, 0.25) is 5.91 Å². The molecule has 22 heavy (non-hydrogen) atoms. The third-order valence-corrected chi connectivity index (χ3v) is 4.05. The average molecular weight is 301 g/mol. The van der Waals surface area contributed by atoms with Crippen LogP contribution in [0.4, 0.5) is 0 Å². The molecule has 0 saturated carbocycles. The highest BCUT2D eigenvalue weighted by molar-refractivity contribution is 5.89. The zero-order valence-corrected chi connectivity index (χ0v) is 12.5. The molecule has 0 aliphatic carbocycles. The van der Waals surface area contributed by atoms with Crippen LogP contribution >= 0.6 is 0 Å². The second-order valence-electron chi connectivity index (χ2n) is 5.58. The summed E-state index contributed by atoms with van der Waals surface area (Å²) in [6, 6.07) is 9.63. The van der Waals surface area contributed by atoms with Crippen LogP contribution in [0.2, 0.25) is 0 Å². The van der Waals surface area contributed by atoms with Crippen molar-refractivity contribution in [2.75, 3.05) is 6.54 Å². The molecular formula is C17H19NO4. The fourth-order valence-electron chi connectivity index (χ4n) is 3.08. The normalized spacial score (nSPS) is 26.9. The van der Waals surface area contributed by atoms with Crippen LogP contribution in [0.25, 0.3) is 0 Å². The number of esters is 1. The maximum absolute atomic E-state index is 12.0. The Morgan fingerprint density at radius 3 is 2.82 bits per heavy atom. The van der Waals surface area contributed by atoms with Gasteiger partial charge in [-0.05, 0) is 11.6 Å². The molecule has 0 spiro atoms. The first kappa shape index (κ1) is 14.8. The summed E-state index contributed by atoms with van der Waals surface area (Å²) in [5, 5.41) is 0. The highest BCUT2D eigenvalue weighted by Crippen LogP contribution is 2.29. The standard InChI is InChI=1S/C17H19NO4/c1-12(19)22-15-9-10-18-16(20)8-7-14(17(15)18)21-11-13-5-3-2-4-6-13/h2-8,14-15,17H,9-11H2,1H3/t14-,15+,17+/m1/s1. The molecule has 1 aromatic rings. The Hall–Kier alpha value is -2.14. The number of carbonyl (C=O) groups is 2. The van der Waals surface area contributed by atoms with E-state index in [1.807, 2.05) is 30.3 Å². The maximum atomic E-state index is 12.0. The van der Waals surface area contributed by atoms with E-state index in [-0.39, 0.29) is 30.1 Å². The van der Waals surface area contributed by atoms with E-state index in [1.165, 1.54) is 6.92 Å². The fourth-order valence-corrected chi connectivity index (χ4v) is 3.08. The molecule has 0 aromatic heterocycles. The molecule has 2 aliphatic heterocycles. The van der Waals surface area contributed by atoms with Gasteiger partial charge in [0.25, 0.3) is 0 Å². The predicted molar refractivity (Wildman–Crippen MR) is 79.8 cm³/mol. The van der Waals surface area contributed by atoms with Crippen molar-refractivity contribution in [3.63, 3.8) is 0 Å². The first-order chi connectivity index (χ1) is 10.6. The highest BCUT2D eigenvalue weighted by atomic mass is 16.5. The van der Waals surface area contributed by atoms with E-state index >= 15 is 0 Å². The monoisotopic (exact) mass is 301 g/mol. The molecule has 1 aromatic carbocycles. The zero-order valence-electron chi connectivity index (χ0n) is 12.5. The molecule has 1 saturated heterocycles. The summed E-state index contributed by atoms with van der Waals surface area (Å²) in [7, 11) is 0. The van der Waals surface area contributed by atoms with E-state index in [2.05, 4.69) is 0 Å². The topological polar surface area (TPSA) is 55.8 Å². The van der Waals surface area contributed by atoms with E-state index < -0.39 is 0 Å².